The molecule has 11 heteroatoms. The Morgan fingerprint density at radius 1 is 0.909 bits per heavy atom. The van der Waals surface area contributed by atoms with Crippen molar-refractivity contribution in [2.45, 2.75) is 19.4 Å². The van der Waals surface area contributed by atoms with Gasteiger partial charge in [-0.25, -0.2) is 15.0 Å². The van der Waals surface area contributed by atoms with E-state index in [9.17, 15) is 0 Å². The van der Waals surface area contributed by atoms with Crippen molar-refractivity contribution < 1.29 is 0 Å². The minimum absolute atomic E-state index is 0.0898. The van der Waals surface area contributed by atoms with Crippen molar-refractivity contribution in [3.8, 4) is 0 Å². The molecule has 0 amide bonds. The van der Waals surface area contributed by atoms with Gasteiger partial charge in [-0.2, -0.15) is 0 Å². The van der Waals surface area contributed by atoms with Gasteiger partial charge in [0.15, 0.2) is 17.5 Å². The molecule has 22 heavy (non-hydrogen) atoms. The van der Waals surface area contributed by atoms with Gasteiger partial charge in [0.25, 0.3) is 0 Å². The van der Waals surface area contributed by atoms with Gasteiger partial charge < -0.3 is 0 Å². The van der Waals surface area contributed by atoms with E-state index in [1.165, 1.54) is 0 Å². The van der Waals surface area contributed by atoms with Gasteiger partial charge in [0.2, 0.25) is 7.59 Å². The first-order chi connectivity index (χ1) is 10.00. The molecule has 2 rings (SSSR count). The molecule has 1 aromatic rings. The summed E-state index contributed by atoms with van der Waals surface area (Å²) >= 11 is 47.3. The molecule has 0 radical (unpaired) electrons. The van der Waals surface area contributed by atoms with Crippen LogP contribution in [0.3, 0.4) is 0 Å². The average Bonchev–Trinajstić information content (AvgIpc) is 2.36. The predicted octanol–water partition coefficient (Wildman–Crippen LogP) is 6.04. The predicted molar refractivity (Wildman–Crippen MR) is 94.5 cm³/mol. The summed E-state index contributed by atoms with van der Waals surface area (Å²) in [5.41, 5.74) is 0.444. The Hall–Kier alpha value is 0.810. The maximum absolute atomic E-state index is 6.25. The maximum atomic E-state index is 6.25. The summed E-state index contributed by atoms with van der Waals surface area (Å²) < 4.78 is -3.86. The fourth-order valence-corrected chi connectivity index (χ4v) is 2.83. The number of rotatable bonds is 1. The highest BCUT2D eigenvalue weighted by Crippen LogP contribution is 2.41. The lowest BCUT2D eigenvalue weighted by atomic mass is 10.0. The molecular formula is C11H5Cl8N3. The molecule has 120 valence electrons. The number of allylic oxidation sites excluding steroid dienone is 4. The number of alkyl halides is 7. The molecule has 0 N–H and O–H groups in total. The zero-order valence-electron chi connectivity index (χ0n) is 10.3. The lowest BCUT2D eigenvalue weighted by Crippen LogP contribution is -2.20. The number of hydrogen-bond acceptors (Lipinski definition) is 3. The zero-order valence-corrected chi connectivity index (χ0v) is 16.4. The van der Waals surface area contributed by atoms with E-state index in [1.807, 2.05) is 6.08 Å². The molecule has 0 saturated heterocycles. The van der Waals surface area contributed by atoms with Crippen LogP contribution in [-0.4, -0.2) is 20.3 Å². The van der Waals surface area contributed by atoms with Crippen molar-refractivity contribution in [1.82, 2.24) is 15.0 Å². The van der Waals surface area contributed by atoms with E-state index in [0.717, 1.165) is 0 Å². The van der Waals surface area contributed by atoms with Crippen LogP contribution in [0.4, 0.5) is 0 Å². The van der Waals surface area contributed by atoms with E-state index < -0.39 is 13.0 Å². The lowest BCUT2D eigenvalue weighted by Gasteiger charge is -2.20. The maximum Gasteiger partial charge on any atom is 0.250 e. The summed E-state index contributed by atoms with van der Waals surface area (Å²) in [6.45, 7) is 0. The molecule has 0 unspecified atom stereocenters. The zero-order chi connectivity index (χ0) is 16.7. The Morgan fingerprint density at radius 3 is 1.82 bits per heavy atom. The second-order valence-electron chi connectivity index (χ2n) is 4.17. The molecule has 1 atom stereocenters. The summed E-state index contributed by atoms with van der Waals surface area (Å²) in [5.74, 6) is -0.301. The summed E-state index contributed by atoms with van der Waals surface area (Å²) in [4.78, 5) is 12.1. The third-order valence-corrected chi connectivity index (χ3v) is 4.30. The fraction of sp³-hybridized carbons (Fsp3) is 0.364. The largest absolute Gasteiger partial charge is 0.250 e. The Labute approximate surface area is 166 Å². The topological polar surface area (TPSA) is 38.7 Å². The highest BCUT2D eigenvalue weighted by Gasteiger charge is 2.35. The standard InChI is InChI=1S/C11H5Cl8N3/c12-4-2-1-3-5(13)6(4)7-20-8(10(14,15)16)22-9(21-7)11(17,18)19/h1-2,5H,3H2/t5-/m0/s1. The number of hydrogen-bond donors (Lipinski definition) is 0. The van der Waals surface area contributed by atoms with Crippen molar-refractivity contribution in [2.24, 2.45) is 0 Å². The average molecular weight is 463 g/mol. The number of aromatic nitrogens is 3. The van der Waals surface area contributed by atoms with E-state index in [1.54, 1.807) is 6.08 Å². The Balaban J connectivity index is 2.68. The van der Waals surface area contributed by atoms with Gasteiger partial charge in [-0.15, -0.1) is 11.6 Å². The van der Waals surface area contributed by atoms with Crippen molar-refractivity contribution in [3.05, 3.63) is 34.7 Å². The van der Waals surface area contributed by atoms with Crippen LogP contribution in [-0.2, 0) is 7.59 Å². The molecule has 0 fully saturated rings. The summed E-state index contributed by atoms with van der Waals surface area (Å²) in [7, 11) is 0. The van der Waals surface area contributed by atoms with Crippen LogP contribution >= 0.6 is 92.8 Å². The van der Waals surface area contributed by atoms with E-state index in [-0.39, 0.29) is 17.5 Å². The molecule has 0 bridgehead atoms. The van der Waals surface area contributed by atoms with Gasteiger partial charge in [0.1, 0.15) is 0 Å². The van der Waals surface area contributed by atoms with Crippen molar-refractivity contribution >= 4 is 98.4 Å². The van der Waals surface area contributed by atoms with Gasteiger partial charge in [0.05, 0.1) is 5.38 Å². The second-order valence-corrected chi connectivity index (χ2v) is 9.67. The molecular weight excluding hydrogens is 458 g/mol. The van der Waals surface area contributed by atoms with E-state index in [2.05, 4.69) is 15.0 Å². The summed E-state index contributed by atoms with van der Waals surface area (Å²) in [5, 5.41) is -0.116. The highest BCUT2D eigenvalue weighted by atomic mass is 35.6. The number of nitrogens with zero attached hydrogens (tertiary/aromatic N) is 3. The molecule has 0 saturated carbocycles. The van der Waals surface area contributed by atoms with E-state index >= 15 is 0 Å². The third kappa shape index (κ3) is 4.46. The normalized spacial score (nSPS) is 19.7. The van der Waals surface area contributed by atoms with Crippen LogP contribution in [0.15, 0.2) is 17.2 Å². The van der Waals surface area contributed by atoms with Crippen molar-refractivity contribution in [3.63, 3.8) is 0 Å². The van der Waals surface area contributed by atoms with Gasteiger partial charge in [-0.3, -0.25) is 0 Å². The summed E-state index contributed by atoms with van der Waals surface area (Å²) in [6, 6.07) is 0. The van der Waals surface area contributed by atoms with E-state index in [0.29, 0.717) is 17.0 Å². The van der Waals surface area contributed by atoms with Crippen LogP contribution in [0.2, 0.25) is 0 Å². The monoisotopic (exact) mass is 459 g/mol. The second kappa shape index (κ2) is 6.97. The minimum Gasteiger partial charge on any atom is -0.209 e. The first-order valence-corrected chi connectivity index (χ1v) is 8.69. The molecule has 1 aliphatic rings. The minimum atomic E-state index is -1.93. The van der Waals surface area contributed by atoms with Crippen LogP contribution in [0.1, 0.15) is 23.9 Å². The van der Waals surface area contributed by atoms with Gasteiger partial charge in [0, 0.05) is 10.6 Å². The smallest absolute Gasteiger partial charge is 0.209 e. The van der Waals surface area contributed by atoms with Crippen LogP contribution in [0.5, 0.6) is 0 Å². The molecule has 1 heterocycles. The van der Waals surface area contributed by atoms with Crippen LogP contribution in [0, 0.1) is 0 Å². The molecule has 1 aromatic heterocycles. The first kappa shape index (κ1) is 19.1. The van der Waals surface area contributed by atoms with Gasteiger partial charge >= 0.3 is 0 Å². The fourth-order valence-electron chi connectivity index (χ4n) is 1.65. The Morgan fingerprint density at radius 2 is 1.41 bits per heavy atom. The molecule has 0 aliphatic heterocycles. The van der Waals surface area contributed by atoms with Crippen LogP contribution < -0.4 is 0 Å². The molecule has 0 aromatic carbocycles. The van der Waals surface area contributed by atoms with E-state index in [4.69, 9.17) is 92.8 Å². The molecule has 3 nitrogen and oxygen atoms in total. The van der Waals surface area contributed by atoms with Gasteiger partial charge in [-0.05, 0) is 12.5 Å². The van der Waals surface area contributed by atoms with Crippen molar-refractivity contribution in [1.29, 1.82) is 0 Å². The molecule has 1 aliphatic carbocycles. The quantitative estimate of drug-likeness (QED) is 0.477. The highest BCUT2D eigenvalue weighted by molar-refractivity contribution is 6.67. The van der Waals surface area contributed by atoms with Gasteiger partial charge in [-0.1, -0.05) is 87.3 Å². The Bertz CT molecular complexity index is 611. The third-order valence-electron chi connectivity index (χ3n) is 2.56. The SMILES string of the molecule is ClC1=C(c2nc(C(Cl)(Cl)Cl)nc(C(Cl)(Cl)Cl)n2)[C@@H](Cl)CC=C1. The van der Waals surface area contributed by atoms with Crippen molar-refractivity contribution in [2.75, 3.05) is 0 Å². The summed E-state index contributed by atoms with van der Waals surface area (Å²) in [6.07, 6.45) is 4.02. The molecule has 0 spiro atoms. The number of halogens is 8. The van der Waals surface area contributed by atoms with Crippen LogP contribution in [0.25, 0.3) is 5.57 Å². The Kier molecular flexibility index (Phi) is 6.06. The first-order valence-electron chi connectivity index (χ1n) is 5.61. The lowest BCUT2D eigenvalue weighted by molar-refractivity contribution is 0.823.